The fraction of sp³-hybridized carbons (Fsp3) is 0.133. The summed E-state index contributed by atoms with van der Waals surface area (Å²) < 4.78 is 0. The Balaban J connectivity index is 2.14. The van der Waals surface area contributed by atoms with Crippen molar-refractivity contribution >= 4 is 63.5 Å². The average Bonchev–Trinajstić information content (AvgIpc) is 2.45. The summed E-state index contributed by atoms with van der Waals surface area (Å²) in [6, 6.07) is 11.2. The monoisotopic (exact) mass is 358 g/mol. The van der Waals surface area contributed by atoms with Crippen LogP contribution in [-0.2, 0) is 6.42 Å². The second kappa shape index (κ2) is 7.32. The zero-order chi connectivity index (χ0) is 15.4. The molecule has 0 unspecified atom stereocenters. The summed E-state index contributed by atoms with van der Waals surface area (Å²) in [4.78, 5) is 0. The molecule has 0 atom stereocenters. The molecule has 2 aromatic rings. The summed E-state index contributed by atoms with van der Waals surface area (Å²) in [5.41, 5.74) is 2.76. The standard InChI is InChI=1S/C15H13Cl3N2S/c1-2-9-5-3-4-6-13(9)19-15(21)20-14-8-11(17)10(16)7-12(14)18/h3-8H,2H2,1H3,(H2,19,20,21). The number of rotatable bonds is 3. The molecular formula is C15H13Cl3N2S. The van der Waals surface area contributed by atoms with Gasteiger partial charge in [-0.05, 0) is 42.4 Å². The Kier molecular flexibility index (Phi) is 5.71. The van der Waals surface area contributed by atoms with Crippen LogP contribution < -0.4 is 10.6 Å². The van der Waals surface area contributed by atoms with E-state index in [-0.39, 0.29) is 0 Å². The van der Waals surface area contributed by atoms with Gasteiger partial charge in [0.15, 0.2) is 5.11 Å². The quantitative estimate of drug-likeness (QED) is 0.517. The SMILES string of the molecule is CCc1ccccc1NC(=S)Nc1cc(Cl)c(Cl)cc1Cl. The molecule has 0 spiro atoms. The van der Waals surface area contributed by atoms with E-state index in [4.69, 9.17) is 47.0 Å². The van der Waals surface area contributed by atoms with Crippen molar-refractivity contribution in [2.45, 2.75) is 13.3 Å². The molecular weight excluding hydrogens is 347 g/mol. The molecule has 110 valence electrons. The van der Waals surface area contributed by atoms with Crippen LogP contribution in [0.3, 0.4) is 0 Å². The van der Waals surface area contributed by atoms with E-state index in [0.717, 1.165) is 12.1 Å². The van der Waals surface area contributed by atoms with Gasteiger partial charge in [0.05, 0.1) is 20.8 Å². The van der Waals surface area contributed by atoms with Gasteiger partial charge in [-0.25, -0.2) is 0 Å². The topological polar surface area (TPSA) is 24.1 Å². The first-order chi connectivity index (χ1) is 10.0. The number of benzene rings is 2. The Labute approximate surface area is 144 Å². The van der Waals surface area contributed by atoms with Crippen LogP contribution in [0, 0.1) is 0 Å². The van der Waals surface area contributed by atoms with Gasteiger partial charge in [0.25, 0.3) is 0 Å². The molecule has 0 radical (unpaired) electrons. The maximum atomic E-state index is 6.11. The van der Waals surface area contributed by atoms with Crippen molar-refractivity contribution in [3.05, 3.63) is 57.0 Å². The zero-order valence-corrected chi connectivity index (χ0v) is 14.3. The van der Waals surface area contributed by atoms with Crippen molar-refractivity contribution in [1.29, 1.82) is 0 Å². The highest BCUT2D eigenvalue weighted by Gasteiger charge is 2.08. The number of nitrogens with one attached hydrogen (secondary N) is 2. The van der Waals surface area contributed by atoms with Crippen LogP contribution >= 0.6 is 47.0 Å². The number of hydrogen-bond acceptors (Lipinski definition) is 1. The third kappa shape index (κ3) is 4.24. The molecule has 0 fully saturated rings. The minimum atomic E-state index is 0.405. The summed E-state index contributed by atoms with van der Waals surface area (Å²) in [7, 11) is 0. The predicted octanol–water partition coefficient (Wildman–Crippen LogP) is 6.02. The second-order valence-electron chi connectivity index (χ2n) is 4.34. The highest BCUT2D eigenvalue weighted by Crippen LogP contribution is 2.32. The van der Waals surface area contributed by atoms with Gasteiger partial charge in [0, 0.05) is 5.69 Å². The smallest absolute Gasteiger partial charge is 0.175 e. The van der Waals surface area contributed by atoms with Crippen LogP contribution in [0.25, 0.3) is 0 Å². The number of thiocarbonyl (C=S) groups is 1. The first-order valence-corrected chi connectivity index (χ1v) is 7.86. The third-order valence-corrected chi connectivity index (χ3v) is 4.14. The average molecular weight is 360 g/mol. The van der Waals surface area contributed by atoms with Gasteiger partial charge in [-0.3, -0.25) is 0 Å². The first kappa shape index (κ1) is 16.4. The number of hydrogen-bond donors (Lipinski definition) is 2. The second-order valence-corrected chi connectivity index (χ2v) is 5.97. The van der Waals surface area contributed by atoms with Crippen LogP contribution in [0.15, 0.2) is 36.4 Å². The Morgan fingerprint density at radius 3 is 2.29 bits per heavy atom. The summed E-state index contributed by atoms with van der Waals surface area (Å²) in [5, 5.41) is 7.90. The van der Waals surface area contributed by atoms with Gasteiger partial charge in [-0.2, -0.15) is 0 Å². The highest BCUT2D eigenvalue weighted by atomic mass is 35.5. The molecule has 0 amide bonds. The molecule has 0 bridgehead atoms. The Bertz CT molecular complexity index is 674. The van der Waals surface area contributed by atoms with Gasteiger partial charge < -0.3 is 10.6 Å². The van der Waals surface area contributed by atoms with E-state index in [2.05, 4.69) is 23.6 Å². The highest BCUT2D eigenvalue weighted by molar-refractivity contribution is 7.80. The molecule has 21 heavy (non-hydrogen) atoms. The van der Waals surface area contributed by atoms with Gasteiger partial charge in [0.2, 0.25) is 0 Å². The van der Waals surface area contributed by atoms with Crippen molar-refractivity contribution in [3.8, 4) is 0 Å². The molecule has 0 heterocycles. The third-order valence-electron chi connectivity index (χ3n) is 2.90. The minimum Gasteiger partial charge on any atom is -0.332 e. The van der Waals surface area contributed by atoms with Crippen LogP contribution in [0.4, 0.5) is 11.4 Å². The van der Waals surface area contributed by atoms with E-state index < -0.39 is 0 Å². The van der Waals surface area contributed by atoms with Gasteiger partial charge in [-0.15, -0.1) is 0 Å². The maximum absolute atomic E-state index is 6.11. The largest absolute Gasteiger partial charge is 0.332 e. The Morgan fingerprint density at radius 1 is 0.952 bits per heavy atom. The van der Waals surface area contributed by atoms with Crippen LogP contribution in [0.2, 0.25) is 15.1 Å². The van der Waals surface area contributed by atoms with Crippen molar-refractivity contribution in [3.63, 3.8) is 0 Å². The summed E-state index contributed by atoms with van der Waals surface area (Å²) >= 11 is 23.3. The van der Waals surface area contributed by atoms with Crippen LogP contribution in [0.5, 0.6) is 0 Å². The van der Waals surface area contributed by atoms with Gasteiger partial charge in [0.1, 0.15) is 0 Å². The lowest BCUT2D eigenvalue weighted by Crippen LogP contribution is -2.20. The van der Waals surface area contributed by atoms with Crippen molar-refractivity contribution < 1.29 is 0 Å². The van der Waals surface area contributed by atoms with Crippen molar-refractivity contribution in [2.24, 2.45) is 0 Å². The fourth-order valence-corrected chi connectivity index (χ4v) is 2.66. The zero-order valence-electron chi connectivity index (χ0n) is 11.2. The lowest BCUT2D eigenvalue weighted by Gasteiger charge is -2.14. The fourth-order valence-electron chi connectivity index (χ4n) is 1.84. The summed E-state index contributed by atoms with van der Waals surface area (Å²) in [6.07, 6.45) is 0.916. The van der Waals surface area contributed by atoms with Crippen LogP contribution in [-0.4, -0.2) is 5.11 Å². The molecule has 0 saturated carbocycles. The van der Waals surface area contributed by atoms with E-state index in [1.807, 2.05) is 18.2 Å². The maximum Gasteiger partial charge on any atom is 0.175 e. The minimum absolute atomic E-state index is 0.405. The molecule has 0 aliphatic carbocycles. The molecule has 0 aliphatic heterocycles. The summed E-state index contributed by atoms with van der Waals surface area (Å²) in [6.45, 7) is 2.09. The van der Waals surface area contributed by atoms with E-state index in [1.165, 1.54) is 5.56 Å². The Morgan fingerprint density at radius 2 is 1.57 bits per heavy atom. The molecule has 0 aliphatic rings. The molecule has 2 aromatic carbocycles. The van der Waals surface area contributed by atoms with Crippen molar-refractivity contribution in [1.82, 2.24) is 0 Å². The predicted molar refractivity (Wildman–Crippen MR) is 97.1 cm³/mol. The Hall–Kier alpha value is -1.000. The molecule has 2 nitrogen and oxygen atoms in total. The van der Waals surface area contributed by atoms with E-state index >= 15 is 0 Å². The summed E-state index contributed by atoms with van der Waals surface area (Å²) in [5.74, 6) is 0. The first-order valence-electron chi connectivity index (χ1n) is 6.31. The number of aryl methyl sites for hydroxylation is 1. The molecule has 0 aromatic heterocycles. The van der Waals surface area contributed by atoms with E-state index in [1.54, 1.807) is 12.1 Å². The van der Waals surface area contributed by atoms with Gasteiger partial charge >= 0.3 is 0 Å². The molecule has 0 saturated heterocycles. The number of halogens is 3. The molecule has 2 N–H and O–H groups in total. The molecule has 6 heteroatoms. The lowest BCUT2D eigenvalue weighted by molar-refractivity contribution is 1.14. The van der Waals surface area contributed by atoms with Gasteiger partial charge in [-0.1, -0.05) is 59.9 Å². The lowest BCUT2D eigenvalue weighted by atomic mass is 10.1. The van der Waals surface area contributed by atoms with E-state index in [9.17, 15) is 0 Å². The number of anilines is 2. The molecule has 2 rings (SSSR count). The van der Waals surface area contributed by atoms with Crippen LogP contribution in [0.1, 0.15) is 12.5 Å². The van der Waals surface area contributed by atoms with E-state index in [0.29, 0.717) is 25.9 Å². The van der Waals surface area contributed by atoms with Crippen molar-refractivity contribution in [2.75, 3.05) is 10.6 Å². The number of para-hydroxylation sites is 1. The normalized spacial score (nSPS) is 10.3.